The second-order valence-corrected chi connectivity index (χ2v) is 4.68. The van der Waals surface area contributed by atoms with E-state index in [-0.39, 0.29) is 5.91 Å². The van der Waals surface area contributed by atoms with Gasteiger partial charge in [0.05, 0.1) is 24.6 Å². The van der Waals surface area contributed by atoms with Crippen molar-refractivity contribution in [1.82, 2.24) is 14.9 Å². The lowest BCUT2D eigenvalue weighted by molar-refractivity contribution is -0.131. The Balaban J connectivity index is 2.01. The fraction of sp³-hybridized carbons (Fsp3) is 0.583. The molecule has 0 saturated carbocycles. The third kappa shape index (κ3) is 3.15. The largest absolute Gasteiger partial charge is 0.382 e. The molecule has 17 heavy (non-hydrogen) atoms. The van der Waals surface area contributed by atoms with Crippen LogP contribution in [-0.4, -0.2) is 27.3 Å². The van der Waals surface area contributed by atoms with E-state index in [1.807, 2.05) is 4.90 Å². The summed E-state index contributed by atoms with van der Waals surface area (Å²) in [6, 6.07) is 0. The molecule has 2 N–H and O–H groups in total. The summed E-state index contributed by atoms with van der Waals surface area (Å²) in [5.41, 5.74) is 6.27. The van der Waals surface area contributed by atoms with E-state index in [4.69, 9.17) is 5.73 Å². The highest BCUT2D eigenvalue weighted by Gasteiger charge is 2.20. The number of nitrogens with zero attached hydrogens (tertiary/aromatic N) is 3. The zero-order valence-corrected chi connectivity index (χ0v) is 10.1. The summed E-state index contributed by atoms with van der Waals surface area (Å²) in [4.78, 5) is 21.9. The molecule has 0 spiro atoms. The van der Waals surface area contributed by atoms with Gasteiger partial charge in [-0.05, 0) is 18.8 Å². The Hall–Kier alpha value is -1.65. The van der Waals surface area contributed by atoms with Crippen molar-refractivity contribution in [2.75, 3.05) is 12.3 Å². The van der Waals surface area contributed by atoms with Gasteiger partial charge in [-0.2, -0.15) is 0 Å². The van der Waals surface area contributed by atoms with Crippen molar-refractivity contribution in [3.05, 3.63) is 18.1 Å². The SMILES string of the molecule is CC1CCC(=O)N(Cc2cnc(N)cn2)CC1. The van der Waals surface area contributed by atoms with Crippen molar-refractivity contribution in [1.29, 1.82) is 0 Å². The standard InChI is InChI=1S/C12H18N4O/c1-9-2-3-12(17)16(5-4-9)8-10-6-15-11(13)7-14-10/h6-7,9H,2-5,8H2,1H3,(H2,13,15). The van der Waals surface area contributed by atoms with Gasteiger partial charge in [-0.15, -0.1) is 0 Å². The maximum Gasteiger partial charge on any atom is 0.222 e. The van der Waals surface area contributed by atoms with Crippen LogP contribution in [0.3, 0.4) is 0 Å². The van der Waals surface area contributed by atoms with Crippen molar-refractivity contribution in [2.45, 2.75) is 32.7 Å². The van der Waals surface area contributed by atoms with Gasteiger partial charge in [-0.3, -0.25) is 9.78 Å². The van der Waals surface area contributed by atoms with Gasteiger partial charge >= 0.3 is 0 Å². The molecule has 1 aromatic heterocycles. The van der Waals surface area contributed by atoms with Crippen LogP contribution in [0.4, 0.5) is 5.82 Å². The Morgan fingerprint density at radius 3 is 2.94 bits per heavy atom. The van der Waals surface area contributed by atoms with Gasteiger partial charge in [-0.1, -0.05) is 6.92 Å². The van der Waals surface area contributed by atoms with Gasteiger partial charge in [-0.25, -0.2) is 4.98 Å². The Labute approximate surface area is 101 Å². The first-order valence-corrected chi connectivity index (χ1v) is 5.99. The zero-order valence-electron chi connectivity index (χ0n) is 10.1. The number of amides is 1. The van der Waals surface area contributed by atoms with Crippen molar-refractivity contribution in [3.8, 4) is 0 Å². The van der Waals surface area contributed by atoms with Gasteiger partial charge in [0.25, 0.3) is 0 Å². The molecule has 0 aliphatic carbocycles. The molecule has 0 radical (unpaired) electrons. The molecule has 1 aliphatic heterocycles. The molecule has 2 rings (SSSR count). The molecular weight excluding hydrogens is 216 g/mol. The molecule has 1 amide bonds. The first-order valence-electron chi connectivity index (χ1n) is 5.99. The molecule has 1 aliphatic rings. The highest BCUT2D eigenvalue weighted by Crippen LogP contribution is 2.18. The van der Waals surface area contributed by atoms with Crippen molar-refractivity contribution in [3.63, 3.8) is 0 Å². The van der Waals surface area contributed by atoms with Crippen LogP contribution >= 0.6 is 0 Å². The summed E-state index contributed by atoms with van der Waals surface area (Å²) in [6.07, 6.45) is 5.86. The molecule has 0 aromatic carbocycles. The predicted molar refractivity (Wildman–Crippen MR) is 64.9 cm³/mol. The van der Waals surface area contributed by atoms with E-state index in [1.54, 1.807) is 6.20 Å². The molecule has 1 aromatic rings. The average Bonchev–Trinajstić information content (AvgIpc) is 2.47. The lowest BCUT2D eigenvalue weighted by atomic mass is 10.0. The maximum absolute atomic E-state index is 11.9. The second-order valence-electron chi connectivity index (χ2n) is 4.68. The molecular formula is C12H18N4O. The smallest absolute Gasteiger partial charge is 0.222 e. The molecule has 1 saturated heterocycles. The third-order valence-corrected chi connectivity index (χ3v) is 3.17. The van der Waals surface area contributed by atoms with Crippen LogP contribution in [0.15, 0.2) is 12.4 Å². The summed E-state index contributed by atoms with van der Waals surface area (Å²) >= 11 is 0. The molecule has 1 fully saturated rings. The summed E-state index contributed by atoms with van der Waals surface area (Å²) in [5.74, 6) is 1.25. The number of aromatic nitrogens is 2. The molecule has 0 bridgehead atoms. The predicted octanol–water partition coefficient (Wildman–Crippen LogP) is 1.21. The third-order valence-electron chi connectivity index (χ3n) is 3.17. The fourth-order valence-corrected chi connectivity index (χ4v) is 1.98. The summed E-state index contributed by atoms with van der Waals surface area (Å²) in [5, 5.41) is 0. The summed E-state index contributed by atoms with van der Waals surface area (Å²) in [6.45, 7) is 3.55. The van der Waals surface area contributed by atoms with Crippen molar-refractivity contribution < 1.29 is 4.79 Å². The van der Waals surface area contributed by atoms with Crippen LogP contribution in [0.2, 0.25) is 0 Å². The Bertz CT molecular complexity index is 390. The Morgan fingerprint density at radius 1 is 1.41 bits per heavy atom. The topological polar surface area (TPSA) is 72.1 Å². The van der Waals surface area contributed by atoms with Crippen LogP contribution in [0.5, 0.6) is 0 Å². The number of nitrogen functional groups attached to an aromatic ring is 1. The first-order chi connectivity index (χ1) is 8.15. The van der Waals surface area contributed by atoms with Gasteiger partial charge in [0.2, 0.25) is 5.91 Å². The molecule has 1 atom stereocenters. The van der Waals surface area contributed by atoms with Crippen molar-refractivity contribution >= 4 is 11.7 Å². The quantitative estimate of drug-likeness (QED) is 0.834. The lowest BCUT2D eigenvalue weighted by Crippen LogP contribution is -2.30. The van der Waals surface area contributed by atoms with Gasteiger partial charge < -0.3 is 10.6 Å². The number of nitrogens with two attached hydrogens (primary N) is 1. The van der Waals surface area contributed by atoms with E-state index in [1.165, 1.54) is 6.20 Å². The van der Waals surface area contributed by atoms with Crippen LogP contribution in [0, 0.1) is 5.92 Å². The number of hydrogen-bond donors (Lipinski definition) is 1. The number of rotatable bonds is 2. The minimum atomic E-state index is 0.216. The summed E-state index contributed by atoms with van der Waals surface area (Å²) < 4.78 is 0. The molecule has 5 nitrogen and oxygen atoms in total. The van der Waals surface area contributed by atoms with Gasteiger partial charge in [0.15, 0.2) is 0 Å². The van der Waals surface area contributed by atoms with E-state index in [2.05, 4.69) is 16.9 Å². The molecule has 92 valence electrons. The maximum atomic E-state index is 11.9. The highest BCUT2D eigenvalue weighted by molar-refractivity contribution is 5.76. The number of carbonyl (C=O) groups is 1. The Kier molecular flexibility index (Phi) is 3.56. The van der Waals surface area contributed by atoms with E-state index < -0.39 is 0 Å². The fourth-order valence-electron chi connectivity index (χ4n) is 1.98. The number of anilines is 1. The van der Waals surface area contributed by atoms with Crippen LogP contribution in [0.25, 0.3) is 0 Å². The minimum Gasteiger partial charge on any atom is -0.382 e. The first kappa shape index (κ1) is 11.8. The van der Waals surface area contributed by atoms with E-state index in [0.717, 1.165) is 25.1 Å². The second kappa shape index (κ2) is 5.12. The number of hydrogen-bond acceptors (Lipinski definition) is 4. The Morgan fingerprint density at radius 2 is 2.24 bits per heavy atom. The molecule has 5 heteroatoms. The van der Waals surface area contributed by atoms with Crippen LogP contribution < -0.4 is 5.73 Å². The highest BCUT2D eigenvalue weighted by atomic mass is 16.2. The monoisotopic (exact) mass is 234 g/mol. The summed E-state index contributed by atoms with van der Waals surface area (Å²) in [7, 11) is 0. The average molecular weight is 234 g/mol. The van der Waals surface area contributed by atoms with Gasteiger partial charge in [0.1, 0.15) is 5.82 Å². The number of likely N-dealkylation sites (tertiary alicyclic amines) is 1. The van der Waals surface area contributed by atoms with E-state index in [0.29, 0.717) is 24.7 Å². The number of carbonyl (C=O) groups excluding carboxylic acids is 1. The van der Waals surface area contributed by atoms with Crippen LogP contribution in [0.1, 0.15) is 31.9 Å². The zero-order chi connectivity index (χ0) is 12.3. The van der Waals surface area contributed by atoms with E-state index >= 15 is 0 Å². The van der Waals surface area contributed by atoms with Crippen molar-refractivity contribution in [2.24, 2.45) is 5.92 Å². The molecule has 2 heterocycles. The van der Waals surface area contributed by atoms with Gasteiger partial charge in [0, 0.05) is 13.0 Å². The molecule has 1 unspecified atom stereocenters. The normalized spacial score (nSPS) is 21.4. The minimum absolute atomic E-state index is 0.216. The van der Waals surface area contributed by atoms with E-state index in [9.17, 15) is 4.79 Å². The lowest BCUT2D eigenvalue weighted by Gasteiger charge is -2.19. The van der Waals surface area contributed by atoms with Crippen LogP contribution in [-0.2, 0) is 11.3 Å².